The first-order chi connectivity index (χ1) is 20.7. The number of rotatable bonds is 7. The van der Waals surface area contributed by atoms with E-state index in [1.807, 2.05) is 36.4 Å². The normalized spacial score (nSPS) is 17.5. The molecule has 2 N–H and O–H groups in total. The van der Waals surface area contributed by atoms with E-state index < -0.39 is 35.5 Å². The van der Waals surface area contributed by atoms with Crippen LogP contribution in [-0.2, 0) is 9.47 Å². The van der Waals surface area contributed by atoms with Crippen LogP contribution >= 0.6 is 0 Å². The lowest BCUT2D eigenvalue weighted by atomic mass is 10.1. The number of fused-ring (bicyclic) bond motifs is 1. The van der Waals surface area contributed by atoms with Crippen molar-refractivity contribution in [2.45, 2.75) is 97.5 Å². The highest BCUT2D eigenvalue weighted by molar-refractivity contribution is 5.99. The Kier molecular flexibility index (Phi) is 10.1. The summed E-state index contributed by atoms with van der Waals surface area (Å²) in [4.78, 5) is 35.5. The molecule has 1 aromatic heterocycles. The number of benzene rings is 2. The molecule has 238 valence electrons. The van der Waals surface area contributed by atoms with Gasteiger partial charge in [0.15, 0.2) is 0 Å². The Morgan fingerprint density at radius 3 is 2.45 bits per heavy atom. The molecule has 3 aromatic rings. The van der Waals surface area contributed by atoms with E-state index in [2.05, 4.69) is 27.4 Å². The van der Waals surface area contributed by atoms with Crippen LogP contribution in [0.1, 0.15) is 86.1 Å². The molecule has 0 saturated carbocycles. The van der Waals surface area contributed by atoms with Gasteiger partial charge < -0.3 is 28.7 Å². The van der Waals surface area contributed by atoms with Gasteiger partial charge in [0.25, 0.3) is 5.89 Å². The average Bonchev–Trinajstić information content (AvgIpc) is 3.55. The van der Waals surface area contributed by atoms with Crippen LogP contribution < -0.4 is 10.1 Å². The molecule has 12 heteroatoms. The third-order valence-electron chi connectivity index (χ3n) is 6.62. The van der Waals surface area contributed by atoms with Crippen LogP contribution in [0.15, 0.2) is 45.9 Å². The maximum Gasteiger partial charge on any atom is 0.437 e. The molecule has 1 saturated heterocycles. The zero-order chi connectivity index (χ0) is 32.1. The van der Waals surface area contributed by atoms with E-state index in [-0.39, 0.29) is 18.4 Å². The number of hydrogen-bond donors (Lipinski definition) is 2. The number of guanidine groups is 1. The number of likely N-dealkylation sites (tertiary alicyclic amines) is 1. The standard InChI is InChI=1S/C32H43N5O7/c1-8-9-10-17-41-23-14-13-20-18-22(12-11-21(20)19-23)26-33-27(44-36-26)25-24(38)15-16-37(25)28(34-29(39)42-31(2,3)4)35-30(40)43-32(5,6)7/h11-14,18-19,24-25,38H,8-10,15-17H2,1-7H3,(H,34,35,39,40)/t24-,25-/m0/s1. The fourth-order valence-corrected chi connectivity index (χ4v) is 4.71. The topological polar surface area (TPSA) is 149 Å². The van der Waals surface area contributed by atoms with E-state index in [0.717, 1.165) is 41.3 Å². The molecule has 44 heavy (non-hydrogen) atoms. The molecule has 0 unspecified atom stereocenters. The highest BCUT2D eigenvalue weighted by Gasteiger charge is 2.41. The number of alkyl carbamates (subject to hydrolysis) is 1. The number of aliphatic hydroxyl groups excluding tert-OH is 1. The number of aliphatic imine (C=N–C) groups is 1. The van der Waals surface area contributed by atoms with E-state index >= 15 is 0 Å². The summed E-state index contributed by atoms with van der Waals surface area (Å²) in [6, 6.07) is 10.8. The number of aliphatic hydroxyl groups is 1. The summed E-state index contributed by atoms with van der Waals surface area (Å²) in [6.07, 6.45) is 0.912. The van der Waals surface area contributed by atoms with E-state index in [0.29, 0.717) is 18.9 Å². The Bertz CT molecular complexity index is 1490. The van der Waals surface area contributed by atoms with Crippen molar-refractivity contribution in [2.24, 2.45) is 4.99 Å². The van der Waals surface area contributed by atoms with Crippen LogP contribution in [0, 0.1) is 0 Å². The number of nitrogens with zero attached hydrogens (tertiary/aromatic N) is 4. The molecule has 4 rings (SSSR count). The molecule has 1 aliphatic heterocycles. The number of carbonyl (C=O) groups excluding carboxylic acids is 2. The molecule has 0 aliphatic carbocycles. The van der Waals surface area contributed by atoms with Gasteiger partial charge in [-0.05, 0) is 83.4 Å². The van der Waals surface area contributed by atoms with Crippen LogP contribution in [0.25, 0.3) is 22.2 Å². The Labute approximate surface area is 257 Å². The van der Waals surface area contributed by atoms with Crippen LogP contribution in [0.2, 0.25) is 0 Å². The van der Waals surface area contributed by atoms with Crippen LogP contribution in [0.5, 0.6) is 5.75 Å². The van der Waals surface area contributed by atoms with Gasteiger partial charge in [-0.25, -0.2) is 9.59 Å². The van der Waals surface area contributed by atoms with Gasteiger partial charge in [0.1, 0.15) is 23.0 Å². The zero-order valence-electron chi connectivity index (χ0n) is 26.5. The quantitative estimate of drug-likeness (QED) is 0.175. The third-order valence-corrected chi connectivity index (χ3v) is 6.62. The van der Waals surface area contributed by atoms with Gasteiger partial charge in [0.2, 0.25) is 11.8 Å². The van der Waals surface area contributed by atoms with Crippen molar-refractivity contribution in [3.05, 3.63) is 42.3 Å². The summed E-state index contributed by atoms with van der Waals surface area (Å²) in [5.41, 5.74) is -0.890. The summed E-state index contributed by atoms with van der Waals surface area (Å²) in [6.45, 7) is 13.3. The smallest absolute Gasteiger partial charge is 0.437 e. The molecular weight excluding hydrogens is 566 g/mol. The number of hydrogen-bond acceptors (Lipinski definition) is 9. The second-order valence-corrected chi connectivity index (χ2v) is 12.8. The highest BCUT2D eigenvalue weighted by Crippen LogP contribution is 2.33. The molecule has 2 atom stereocenters. The Morgan fingerprint density at radius 1 is 1.05 bits per heavy atom. The molecule has 2 aromatic carbocycles. The monoisotopic (exact) mass is 609 g/mol. The number of unbranched alkanes of at least 4 members (excludes halogenated alkanes) is 2. The molecule has 0 spiro atoms. The molecule has 1 aliphatic rings. The second kappa shape index (κ2) is 13.6. The SMILES string of the molecule is CCCCCOc1ccc2cc(-c3noc([C@@H]4[C@@H](O)CCN4/C(=N/C(=O)OC(C)(C)C)NC(=O)OC(C)(C)C)n3)ccc2c1. The van der Waals surface area contributed by atoms with Gasteiger partial charge in [0, 0.05) is 12.1 Å². The number of nitrogens with one attached hydrogen (secondary N) is 1. The lowest BCUT2D eigenvalue weighted by Gasteiger charge is -2.28. The van der Waals surface area contributed by atoms with E-state index in [1.54, 1.807) is 41.5 Å². The first kappa shape index (κ1) is 32.7. The first-order valence-electron chi connectivity index (χ1n) is 15.0. The van der Waals surface area contributed by atoms with E-state index in [9.17, 15) is 14.7 Å². The molecule has 12 nitrogen and oxygen atoms in total. The lowest BCUT2D eigenvalue weighted by molar-refractivity contribution is 0.0546. The summed E-state index contributed by atoms with van der Waals surface area (Å²) in [7, 11) is 0. The maximum absolute atomic E-state index is 12.7. The van der Waals surface area contributed by atoms with Crippen molar-refractivity contribution in [3.63, 3.8) is 0 Å². The molecule has 1 fully saturated rings. The van der Waals surface area contributed by atoms with Crippen LogP contribution in [0.4, 0.5) is 9.59 Å². The summed E-state index contributed by atoms with van der Waals surface area (Å²) in [5, 5.41) is 19.6. The first-order valence-corrected chi connectivity index (χ1v) is 15.0. The van der Waals surface area contributed by atoms with Crippen molar-refractivity contribution >= 4 is 28.9 Å². The Balaban J connectivity index is 1.58. The number of aromatic nitrogens is 2. The van der Waals surface area contributed by atoms with Crippen LogP contribution in [-0.4, -0.2) is 68.8 Å². The fourth-order valence-electron chi connectivity index (χ4n) is 4.71. The Hall–Kier alpha value is -4.19. The van der Waals surface area contributed by atoms with Gasteiger partial charge in [-0.1, -0.05) is 43.1 Å². The average molecular weight is 610 g/mol. The van der Waals surface area contributed by atoms with Crippen molar-refractivity contribution < 1.29 is 33.4 Å². The largest absolute Gasteiger partial charge is 0.494 e. The van der Waals surface area contributed by atoms with Gasteiger partial charge >= 0.3 is 12.2 Å². The second-order valence-electron chi connectivity index (χ2n) is 12.8. The predicted molar refractivity (Wildman–Crippen MR) is 165 cm³/mol. The van der Waals surface area contributed by atoms with Gasteiger partial charge in [-0.2, -0.15) is 4.98 Å². The molecule has 2 heterocycles. The van der Waals surface area contributed by atoms with Gasteiger partial charge in [0.05, 0.1) is 12.7 Å². The zero-order valence-corrected chi connectivity index (χ0v) is 26.5. The molecule has 0 radical (unpaired) electrons. The van der Waals surface area contributed by atoms with E-state index in [4.69, 9.17) is 18.7 Å². The highest BCUT2D eigenvalue weighted by atomic mass is 16.6. The lowest BCUT2D eigenvalue weighted by Crippen LogP contribution is -2.47. The predicted octanol–water partition coefficient (Wildman–Crippen LogP) is 6.38. The minimum absolute atomic E-state index is 0.101. The number of carbonyl (C=O) groups is 2. The van der Waals surface area contributed by atoms with E-state index in [1.165, 1.54) is 4.90 Å². The summed E-state index contributed by atoms with van der Waals surface area (Å²) < 4.78 is 22.2. The number of amides is 2. The fraction of sp³-hybridized carbons (Fsp3) is 0.531. The molecule has 2 amide bonds. The van der Waals surface area contributed by atoms with Gasteiger partial charge in [-0.3, -0.25) is 5.32 Å². The van der Waals surface area contributed by atoms with Crippen molar-refractivity contribution in [1.29, 1.82) is 0 Å². The molecule has 0 bridgehead atoms. The number of ether oxygens (including phenoxy) is 3. The Morgan fingerprint density at radius 2 is 1.75 bits per heavy atom. The van der Waals surface area contributed by atoms with Crippen LogP contribution in [0.3, 0.4) is 0 Å². The minimum Gasteiger partial charge on any atom is -0.494 e. The third kappa shape index (κ3) is 8.91. The minimum atomic E-state index is -0.945. The summed E-state index contributed by atoms with van der Waals surface area (Å²) in [5.74, 6) is 1.09. The molecular formula is C32H43N5O7. The van der Waals surface area contributed by atoms with Gasteiger partial charge in [-0.15, -0.1) is 4.99 Å². The summed E-state index contributed by atoms with van der Waals surface area (Å²) >= 11 is 0. The van der Waals surface area contributed by atoms with Crippen molar-refractivity contribution in [3.8, 4) is 17.1 Å². The van der Waals surface area contributed by atoms with Crippen molar-refractivity contribution in [1.82, 2.24) is 20.4 Å². The van der Waals surface area contributed by atoms with Crippen molar-refractivity contribution in [2.75, 3.05) is 13.2 Å². The maximum atomic E-state index is 12.7.